The lowest BCUT2D eigenvalue weighted by Crippen LogP contribution is -2.49. The Labute approximate surface area is 166 Å². The predicted octanol–water partition coefficient (Wildman–Crippen LogP) is 3.39. The van der Waals surface area contributed by atoms with Crippen LogP contribution in [0.25, 0.3) is 0 Å². The summed E-state index contributed by atoms with van der Waals surface area (Å²) in [6.07, 6.45) is 2.15. The number of ether oxygens (including phenoxy) is 1. The van der Waals surface area contributed by atoms with Gasteiger partial charge < -0.3 is 19.9 Å². The van der Waals surface area contributed by atoms with E-state index in [4.69, 9.17) is 4.74 Å². The molecular weight excluding hydrogens is 350 g/mol. The van der Waals surface area contributed by atoms with Crippen molar-refractivity contribution in [3.8, 4) is 5.75 Å². The predicted molar refractivity (Wildman–Crippen MR) is 111 cm³/mol. The van der Waals surface area contributed by atoms with Crippen molar-refractivity contribution in [1.29, 1.82) is 0 Å². The van der Waals surface area contributed by atoms with Crippen LogP contribution in [0, 0.1) is 6.92 Å². The maximum Gasteiger partial charge on any atom is 0.243 e. The van der Waals surface area contributed by atoms with E-state index in [-0.39, 0.29) is 5.91 Å². The molecule has 28 heavy (non-hydrogen) atoms. The number of hydrogen-bond acceptors (Lipinski definition) is 4. The molecule has 0 aliphatic carbocycles. The zero-order valence-corrected chi connectivity index (χ0v) is 16.4. The fourth-order valence-electron chi connectivity index (χ4n) is 4.99. The van der Waals surface area contributed by atoms with E-state index in [0.29, 0.717) is 18.5 Å². The van der Waals surface area contributed by atoms with Crippen LogP contribution in [0.1, 0.15) is 29.9 Å². The SMILES string of the molecule is Cc1ccc(OCCCN2CCC3[C@@H](C2)c2cccc4c2N3CC(=O)N4)cc1. The van der Waals surface area contributed by atoms with Gasteiger partial charge in [0.05, 0.1) is 24.5 Å². The largest absolute Gasteiger partial charge is 0.494 e. The molecule has 5 heteroatoms. The molecule has 1 amide bonds. The quantitative estimate of drug-likeness (QED) is 0.812. The van der Waals surface area contributed by atoms with Gasteiger partial charge >= 0.3 is 0 Å². The van der Waals surface area contributed by atoms with Crippen LogP contribution in [-0.2, 0) is 4.79 Å². The monoisotopic (exact) mass is 377 g/mol. The number of benzene rings is 2. The van der Waals surface area contributed by atoms with Gasteiger partial charge in [0.25, 0.3) is 0 Å². The molecule has 3 aliphatic rings. The third kappa shape index (κ3) is 3.14. The van der Waals surface area contributed by atoms with Crippen molar-refractivity contribution in [2.75, 3.05) is 43.0 Å². The average molecular weight is 377 g/mol. The second-order valence-corrected chi connectivity index (χ2v) is 8.20. The summed E-state index contributed by atoms with van der Waals surface area (Å²) in [5.74, 6) is 1.56. The van der Waals surface area contributed by atoms with Crippen LogP contribution in [-0.4, -0.2) is 49.6 Å². The van der Waals surface area contributed by atoms with Gasteiger partial charge in [0.2, 0.25) is 5.91 Å². The van der Waals surface area contributed by atoms with Gasteiger partial charge in [0, 0.05) is 31.6 Å². The number of nitrogens with one attached hydrogen (secondary N) is 1. The van der Waals surface area contributed by atoms with Gasteiger partial charge in [0.1, 0.15) is 5.75 Å². The smallest absolute Gasteiger partial charge is 0.243 e. The molecule has 0 spiro atoms. The number of aryl methyl sites for hydroxylation is 1. The molecule has 5 nitrogen and oxygen atoms in total. The molecule has 2 aromatic carbocycles. The maximum absolute atomic E-state index is 12.1. The molecule has 2 aromatic rings. The van der Waals surface area contributed by atoms with E-state index >= 15 is 0 Å². The minimum absolute atomic E-state index is 0.112. The first-order valence-electron chi connectivity index (χ1n) is 10.3. The van der Waals surface area contributed by atoms with Crippen molar-refractivity contribution >= 4 is 17.3 Å². The molecule has 0 aromatic heterocycles. The average Bonchev–Trinajstić information content (AvgIpc) is 3.01. The van der Waals surface area contributed by atoms with Gasteiger partial charge in [-0.1, -0.05) is 29.8 Å². The number of likely N-dealkylation sites (tertiary alicyclic amines) is 1. The van der Waals surface area contributed by atoms with Crippen LogP contribution in [0.5, 0.6) is 5.75 Å². The number of para-hydroxylation sites is 1. The molecule has 3 heterocycles. The lowest BCUT2D eigenvalue weighted by atomic mass is 9.89. The van der Waals surface area contributed by atoms with Crippen LogP contribution in [0.3, 0.4) is 0 Å². The number of fused-ring (bicyclic) bond motifs is 3. The van der Waals surface area contributed by atoms with E-state index in [9.17, 15) is 4.79 Å². The number of piperidine rings is 1. The summed E-state index contributed by atoms with van der Waals surface area (Å²) in [7, 11) is 0. The number of anilines is 2. The molecule has 2 atom stereocenters. The number of carbonyl (C=O) groups is 1. The van der Waals surface area contributed by atoms with Gasteiger partial charge in [-0.3, -0.25) is 4.79 Å². The fourth-order valence-corrected chi connectivity index (χ4v) is 4.99. The number of amides is 1. The molecule has 0 bridgehead atoms. The fraction of sp³-hybridized carbons (Fsp3) is 0.435. The van der Waals surface area contributed by atoms with Gasteiger partial charge in [-0.15, -0.1) is 0 Å². The highest BCUT2D eigenvalue weighted by Crippen LogP contribution is 2.49. The Balaban J connectivity index is 1.20. The molecule has 1 fully saturated rings. The Morgan fingerprint density at radius 1 is 1.18 bits per heavy atom. The second-order valence-electron chi connectivity index (χ2n) is 8.20. The van der Waals surface area contributed by atoms with Crippen molar-refractivity contribution in [1.82, 2.24) is 4.90 Å². The third-order valence-corrected chi connectivity index (χ3v) is 6.31. The summed E-state index contributed by atoms with van der Waals surface area (Å²) in [6, 6.07) is 15.1. The van der Waals surface area contributed by atoms with Crippen LogP contribution in [0.4, 0.5) is 11.4 Å². The normalized spacial score (nSPS) is 23.2. The lowest BCUT2D eigenvalue weighted by molar-refractivity contribution is -0.115. The van der Waals surface area contributed by atoms with Crippen LogP contribution in [0.2, 0.25) is 0 Å². The van der Waals surface area contributed by atoms with E-state index in [1.165, 1.54) is 16.8 Å². The summed E-state index contributed by atoms with van der Waals surface area (Å²) in [5.41, 5.74) is 4.91. The first kappa shape index (κ1) is 17.6. The number of nitrogens with zero attached hydrogens (tertiary/aromatic N) is 2. The number of hydrogen-bond donors (Lipinski definition) is 1. The van der Waals surface area contributed by atoms with E-state index in [1.54, 1.807) is 0 Å². The number of rotatable bonds is 5. The first-order chi connectivity index (χ1) is 13.7. The zero-order chi connectivity index (χ0) is 19.1. The lowest BCUT2D eigenvalue weighted by Gasteiger charge is -2.39. The highest BCUT2D eigenvalue weighted by Gasteiger charge is 2.44. The summed E-state index contributed by atoms with van der Waals surface area (Å²) < 4.78 is 5.88. The summed E-state index contributed by atoms with van der Waals surface area (Å²) in [4.78, 5) is 17.0. The minimum atomic E-state index is 0.112. The standard InChI is InChI=1S/C23H27N3O2/c1-16-6-8-17(9-7-16)28-13-3-11-25-12-10-21-19(14-25)18-4-2-5-20-23(18)26(21)15-22(27)24-20/h2,4-9,19,21H,3,10-15H2,1H3,(H,24,27)/t19-,21?/m0/s1. The van der Waals surface area contributed by atoms with E-state index in [0.717, 1.165) is 50.5 Å². The molecule has 5 rings (SSSR count). The van der Waals surface area contributed by atoms with Gasteiger partial charge in [-0.2, -0.15) is 0 Å². The van der Waals surface area contributed by atoms with Crippen molar-refractivity contribution < 1.29 is 9.53 Å². The van der Waals surface area contributed by atoms with Crippen LogP contribution >= 0.6 is 0 Å². The minimum Gasteiger partial charge on any atom is -0.494 e. The highest BCUT2D eigenvalue weighted by atomic mass is 16.5. The number of carbonyl (C=O) groups excluding carboxylic acids is 1. The van der Waals surface area contributed by atoms with Crippen molar-refractivity contribution in [2.24, 2.45) is 0 Å². The first-order valence-corrected chi connectivity index (χ1v) is 10.3. The Bertz CT molecular complexity index is 880. The van der Waals surface area contributed by atoms with Gasteiger partial charge in [0.15, 0.2) is 0 Å². The molecule has 0 radical (unpaired) electrons. The third-order valence-electron chi connectivity index (χ3n) is 6.31. The molecule has 1 N–H and O–H groups in total. The van der Waals surface area contributed by atoms with Gasteiger partial charge in [-0.05, 0) is 43.5 Å². The van der Waals surface area contributed by atoms with Crippen LogP contribution < -0.4 is 15.0 Å². The molecule has 146 valence electrons. The molecule has 3 aliphatic heterocycles. The Kier molecular flexibility index (Phi) is 4.47. The maximum atomic E-state index is 12.1. The summed E-state index contributed by atoms with van der Waals surface area (Å²) in [5, 5.41) is 3.04. The van der Waals surface area contributed by atoms with E-state index < -0.39 is 0 Å². The Morgan fingerprint density at radius 3 is 2.89 bits per heavy atom. The Morgan fingerprint density at radius 2 is 2.04 bits per heavy atom. The Hall–Kier alpha value is -2.53. The van der Waals surface area contributed by atoms with Gasteiger partial charge in [-0.25, -0.2) is 0 Å². The molecule has 1 unspecified atom stereocenters. The van der Waals surface area contributed by atoms with E-state index in [2.05, 4.69) is 46.3 Å². The summed E-state index contributed by atoms with van der Waals surface area (Å²) >= 11 is 0. The molecule has 0 saturated carbocycles. The molecule has 1 saturated heterocycles. The van der Waals surface area contributed by atoms with Crippen molar-refractivity contribution in [3.63, 3.8) is 0 Å². The topological polar surface area (TPSA) is 44.8 Å². The molecular formula is C23H27N3O2. The zero-order valence-electron chi connectivity index (χ0n) is 16.4. The van der Waals surface area contributed by atoms with Crippen molar-refractivity contribution in [2.45, 2.75) is 31.7 Å². The van der Waals surface area contributed by atoms with E-state index in [1.807, 2.05) is 18.2 Å². The highest BCUT2D eigenvalue weighted by molar-refractivity contribution is 6.03. The van der Waals surface area contributed by atoms with Crippen LogP contribution in [0.15, 0.2) is 42.5 Å². The second kappa shape index (κ2) is 7.13. The summed E-state index contributed by atoms with van der Waals surface area (Å²) in [6.45, 7) is 6.55. The van der Waals surface area contributed by atoms with Crippen molar-refractivity contribution in [3.05, 3.63) is 53.6 Å².